The molecule has 10 nitrogen and oxygen atoms in total. The normalized spacial score (nSPS) is 15.7. The van der Waals surface area contributed by atoms with Crippen molar-refractivity contribution < 1.29 is 13.9 Å². The van der Waals surface area contributed by atoms with Gasteiger partial charge in [-0.05, 0) is 76.4 Å². The number of amides is 1. The molecule has 5 aromatic rings. The predicted octanol–water partition coefficient (Wildman–Crippen LogP) is 7.77. The number of piperazine rings is 1. The molecule has 46 heavy (non-hydrogen) atoms. The van der Waals surface area contributed by atoms with E-state index in [-0.39, 0.29) is 18.1 Å². The van der Waals surface area contributed by atoms with Crippen LogP contribution in [0.1, 0.15) is 58.7 Å². The van der Waals surface area contributed by atoms with Crippen LogP contribution in [0.25, 0.3) is 38.9 Å². The minimum absolute atomic E-state index is 0.00978. The molecule has 0 spiro atoms. The fraction of sp³-hybridized carbons (Fsp3) is 0.382. The van der Waals surface area contributed by atoms with E-state index < -0.39 is 11.3 Å². The Bertz CT molecular complexity index is 2050. The molecule has 0 saturated carbocycles. The Morgan fingerprint density at radius 1 is 1.09 bits per heavy atom. The second-order valence-corrected chi connectivity index (χ2v) is 13.8. The van der Waals surface area contributed by atoms with Crippen LogP contribution in [-0.4, -0.2) is 61.8 Å². The summed E-state index contributed by atoms with van der Waals surface area (Å²) in [6.45, 7) is 14.7. The molecule has 1 aliphatic rings. The first-order chi connectivity index (χ1) is 21.7. The first kappa shape index (κ1) is 31.8. The van der Waals surface area contributed by atoms with Crippen LogP contribution in [-0.2, 0) is 4.74 Å². The molecule has 1 amide bonds. The van der Waals surface area contributed by atoms with Crippen molar-refractivity contribution in [3.8, 4) is 16.9 Å². The molecular weight excluding hydrogens is 627 g/mol. The van der Waals surface area contributed by atoms with Crippen molar-refractivity contribution in [2.75, 3.05) is 24.5 Å². The number of hydrogen-bond acceptors (Lipinski definition) is 8. The Morgan fingerprint density at radius 3 is 2.54 bits per heavy atom. The van der Waals surface area contributed by atoms with Gasteiger partial charge in [-0.1, -0.05) is 37.0 Å². The molecule has 1 fully saturated rings. The van der Waals surface area contributed by atoms with Crippen LogP contribution in [0.2, 0.25) is 10.0 Å². The molecule has 1 aliphatic heterocycles. The van der Waals surface area contributed by atoms with Gasteiger partial charge >= 0.3 is 11.8 Å². The van der Waals surface area contributed by atoms with Crippen molar-refractivity contribution in [2.45, 2.75) is 66.0 Å². The standard InChI is InChI=1S/C34H36Cl2N6O4/c1-18(2)26-28(19(3)10-12-37-26)42-31-22(16-24(36)27(38-31)25-23(35)9-8-21-11-15-45-29(21)25)30(39-32(42)43)41-14-13-40(17-20(41)4)33(44)46-34(5,6)7/h8-12,15-16,18,20H,13-14,17H2,1-7H3/t20-/m0/s1. The van der Waals surface area contributed by atoms with Crippen LogP contribution in [0.4, 0.5) is 10.6 Å². The molecule has 1 aromatic carbocycles. The van der Waals surface area contributed by atoms with E-state index in [1.54, 1.807) is 29.5 Å². The van der Waals surface area contributed by atoms with Crippen molar-refractivity contribution in [3.05, 3.63) is 74.6 Å². The fourth-order valence-corrected chi connectivity index (χ4v) is 6.46. The highest BCUT2D eigenvalue weighted by Gasteiger charge is 2.33. The van der Waals surface area contributed by atoms with Gasteiger partial charge in [0.1, 0.15) is 17.0 Å². The van der Waals surface area contributed by atoms with E-state index in [9.17, 15) is 9.59 Å². The summed E-state index contributed by atoms with van der Waals surface area (Å²) in [6, 6.07) is 8.93. The highest BCUT2D eigenvalue weighted by Crippen LogP contribution is 2.41. The van der Waals surface area contributed by atoms with Gasteiger partial charge in [0.05, 0.1) is 44.3 Å². The Labute approximate surface area is 276 Å². The van der Waals surface area contributed by atoms with E-state index in [2.05, 4.69) is 9.97 Å². The van der Waals surface area contributed by atoms with Crippen LogP contribution in [0.3, 0.4) is 0 Å². The summed E-state index contributed by atoms with van der Waals surface area (Å²) < 4.78 is 13.0. The van der Waals surface area contributed by atoms with E-state index >= 15 is 0 Å². The first-order valence-corrected chi connectivity index (χ1v) is 16.0. The number of fused-ring (bicyclic) bond motifs is 2. The number of ether oxygens (including phenoxy) is 1. The van der Waals surface area contributed by atoms with E-state index in [0.717, 1.165) is 16.6 Å². The van der Waals surface area contributed by atoms with E-state index in [1.165, 1.54) is 4.57 Å². The summed E-state index contributed by atoms with van der Waals surface area (Å²) in [5.41, 5.74) is 2.89. The molecule has 1 saturated heterocycles. The summed E-state index contributed by atoms with van der Waals surface area (Å²) in [5.74, 6) is 0.444. The molecule has 0 aliphatic carbocycles. The zero-order valence-corrected chi connectivity index (χ0v) is 28.4. The molecule has 0 radical (unpaired) electrons. The van der Waals surface area contributed by atoms with Gasteiger partial charge in [-0.15, -0.1) is 0 Å². The third-order valence-corrected chi connectivity index (χ3v) is 8.69. The second kappa shape index (κ2) is 11.9. The van der Waals surface area contributed by atoms with Gasteiger partial charge in [0.25, 0.3) is 0 Å². The predicted molar refractivity (Wildman–Crippen MR) is 182 cm³/mol. The van der Waals surface area contributed by atoms with Gasteiger partial charge in [-0.3, -0.25) is 4.98 Å². The largest absolute Gasteiger partial charge is 0.464 e. The van der Waals surface area contributed by atoms with Gasteiger partial charge in [0.2, 0.25) is 0 Å². The van der Waals surface area contributed by atoms with Gasteiger partial charge in [-0.25, -0.2) is 19.1 Å². The summed E-state index contributed by atoms with van der Waals surface area (Å²) in [6.07, 6.45) is 2.95. The minimum Gasteiger partial charge on any atom is -0.464 e. The smallest absolute Gasteiger partial charge is 0.410 e. The first-order valence-electron chi connectivity index (χ1n) is 15.2. The van der Waals surface area contributed by atoms with Crippen molar-refractivity contribution in [1.29, 1.82) is 0 Å². The number of aromatic nitrogens is 4. The molecule has 240 valence electrons. The van der Waals surface area contributed by atoms with Crippen LogP contribution >= 0.6 is 23.2 Å². The summed E-state index contributed by atoms with van der Waals surface area (Å²) in [7, 11) is 0. The summed E-state index contributed by atoms with van der Waals surface area (Å²) in [4.78, 5) is 45.2. The number of halogens is 2. The lowest BCUT2D eigenvalue weighted by atomic mass is 10.0. The lowest BCUT2D eigenvalue weighted by molar-refractivity contribution is 0.0218. The average Bonchev–Trinajstić information content (AvgIpc) is 3.45. The Kier molecular flexibility index (Phi) is 8.23. The van der Waals surface area contributed by atoms with Crippen molar-refractivity contribution in [2.24, 2.45) is 0 Å². The zero-order chi connectivity index (χ0) is 33.1. The number of carbonyl (C=O) groups is 1. The number of carbonyl (C=O) groups excluding carboxylic acids is 1. The quantitative estimate of drug-likeness (QED) is 0.192. The van der Waals surface area contributed by atoms with Gasteiger partial charge < -0.3 is 19.0 Å². The van der Waals surface area contributed by atoms with Crippen LogP contribution in [0.5, 0.6) is 0 Å². The number of aryl methyl sites for hydroxylation is 1. The van der Waals surface area contributed by atoms with E-state index in [4.69, 9.17) is 37.3 Å². The van der Waals surface area contributed by atoms with Crippen molar-refractivity contribution >= 4 is 57.1 Å². The zero-order valence-electron chi connectivity index (χ0n) is 26.9. The molecule has 5 heterocycles. The number of rotatable bonds is 4. The Balaban J connectivity index is 1.59. The third-order valence-electron chi connectivity index (χ3n) is 8.09. The third kappa shape index (κ3) is 5.69. The maximum atomic E-state index is 14.2. The van der Waals surface area contributed by atoms with Crippen LogP contribution < -0.4 is 10.6 Å². The lowest BCUT2D eigenvalue weighted by Crippen LogP contribution is -2.55. The SMILES string of the molecule is Cc1ccnc(C(C)C)c1-n1c(=O)nc(N2CCN(C(=O)OC(C)(C)C)C[C@@H]2C)c2cc(Cl)c(-c3c(Cl)ccc4ccoc34)nc21. The number of pyridine rings is 2. The second-order valence-electron chi connectivity index (χ2n) is 13.0. The number of anilines is 1. The minimum atomic E-state index is -0.609. The molecular formula is C34H36Cl2N6O4. The fourth-order valence-electron chi connectivity index (χ4n) is 5.98. The average molecular weight is 664 g/mol. The molecule has 0 bridgehead atoms. The highest BCUT2D eigenvalue weighted by atomic mass is 35.5. The molecule has 0 N–H and O–H groups in total. The van der Waals surface area contributed by atoms with E-state index in [0.29, 0.717) is 69.1 Å². The summed E-state index contributed by atoms with van der Waals surface area (Å²) >= 11 is 13.8. The van der Waals surface area contributed by atoms with Crippen LogP contribution in [0.15, 0.2) is 52.0 Å². The monoisotopic (exact) mass is 662 g/mol. The van der Waals surface area contributed by atoms with Gasteiger partial charge in [-0.2, -0.15) is 4.98 Å². The Morgan fingerprint density at radius 2 is 1.85 bits per heavy atom. The van der Waals surface area contributed by atoms with Gasteiger partial charge in [0.15, 0.2) is 5.65 Å². The van der Waals surface area contributed by atoms with Crippen LogP contribution in [0, 0.1) is 6.92 Å². The maximum absolute atomic E-state index is 14.2. The molecule has 4 aromatic heterocycles. The highest BCUT2D eigenvalue weighted by molar-refractivity contribution is 6.38. The van der Waals surface area contributed by atoms with E-state index in [1.807, 2.05) is 71.6 Å². The topological polar surface area (TPSA) is 107 Å². The number of hydrogen-bond donors (Lipinski definition) is 0. The van der Waals surface area contributed by atoms with Crippen molar-refractivity contribution in [1.82, 2.24) is 24.4 Å². The van der Waals surface area contributed by atoms with Crippen molar-refractivity contribution in [3.63, 3.8) is 0 Å². The summed E-state index contributed by atoms with van der Waals surface area (Å²) in [5, 5.41) is 2.14. The molecule has 12 heteroatoms. The lowest BCUT2D eigenvalue weighted by Gasteiger charge is -2.41. The van der Waals surface area contributed by atoms with Gasteiger partial charge in [0, 0.05) is 37.3 Å². The maximum Gasteiger partial charge on any atom is 0.410 e. The number of benzene rings is 1. The molecule has 0 unspecified atom stereocenters. The molecule has 1 atom stereocenters. The number of furan rings is 1. The molecule has 6 rings (SSSR count). The Hall–Kier alpha value is -4.15. The number of nitrogens with zero attached hydrogens (tertiary/aromatic N) is 6.